The van der Waals surface area contributed by atoms with E-state index in [1.807, 2.05) is 12.1 Å². The van der Waals surface area contributed by atoms with Gasteiger partial charge < -0.3 is 41.7 Å². The van der Waals surface area contributed by atoms with Crippen LogP contribution in [-0.4, -0.2) is 95.8 Å². The number of nitrogens with one attached hydrogen (secondary N) is 4. The lowest BCUT2D eigenvalue weighted by Gasteiger charge is -2.54. The molecule has 2 amide bonds. The van der Waals surface area contributed by atoms with E-state index < -0.39 is 24.3 Å². The number of fused-ring (bicyclic) bond motifs is 6. The third kappa shape index (κ3) is 14.7. The van der Waals surface area contributed by atoms with Gasteiger partial charge >= 0.3 is 24.3 Å². The summed E-state index contributed by atoms with van der Waals surface area (Å²) >= 11 is 0. The van der Waals surface area contributed by atoms with Gasteiger partial charge in [-0.25, -0.2) is 9.59 Å². The highest BCUT2D eigenvalue weighted by Crippen LogP contribution is 2.59. The van der Waals surface area contributed by atoms with E-state index in [9.17, 15) is 46.1 Å². The molecule has 0 bridgehead atoms. The van der Waals surface area contributed by atoms with Crippen LogP contribution in [-0.2, 0) is 42.8 Å². The van der Waals surface area contributed by atoms with Crippen molar-refractivity contribution in [1.29, 1.82) is 0 Å². The molecule has 388 valence electrons. The number of phenolic OH excluding ortho intramolecular Hbond substituents is 2. The average molecular weight is 985 g/mol. The fraction of sp³-hybridized carbons (Fsp3) is 0.686. The van der Waals surface area contributed by atoms with E-state index in [1.54, 1.807) is 12.1 Å². The number of aromatic hydroxyl groups is 2. The third-order valence-corrected chi connectivity index (χ3v) is 15.5. The van der Waals surface area contributed by atoms with Gasteiger partial charge in [0.1, 0.15) is 11.5 Å². The molecule has 18 heteroatoms. The second-order valence-corrected chi connectivity index (χ2v) is 20.3. The Kier molecular flexibility index (Phi) is 20.2. The first-order valence-electron chi connectivity index (χ1n) is 24.5. The number of amides is 2. The predicted octanol–water partition coefficient (Wildman–Crippen LogP) is 9.23. The third-order valence-electron chi connectivity index (χ3n) is 15.5. The minimum Gasteiger partial charge on any atom is -0.508 e. The molecule has 0 radical (unpaired) electrons. The number of carbonyl (C=O) groups is 4. The maximum Gasteiger partial charge on any atom is 0.490 e. The van der Waals surface area contributed by atoms with E-state index in [-0.39, 0.29) is 33.5 Å². The summed E-state index contributed by atoms with van der Waals surface area (Å²) in [6.07, 6.45) is 7.93. The Balaban J connectivity index is 0.000000645. The van der Waals surface area contributed by atoms with Gasteiger partial charge in [0.2, 0.25) is 11.8 Å². The van der Waals surface area contributed by atoms with Crippen LogP contribution in [0.2, 0.25) is 0 Å². The number of aryl methyl sites for hydroxylation is 2. The second kappa shape index (κ2) is 24.5. The van der Waals surface area contributed by atoms with Crippen molar-refractivity contribution in [2.45, 2.75) is 160 Å². The highest BCUT2D eigenvalue weighted by atomic mass is 19.4. The minimum atomic E-state index is -5.08. The molecule has 0 spiro atoms. The first-order valence-corrected chi connectivity index (χ1v) is 24.5. The quantitative estimate of drug-likeness (QED) is 0.0527. The molecule has 2 aromatic carbocycles. The Morgan fingerprint density at radius 3 is 1.22 bits per heavy atom. The average Bonchev–Trinajstić information content (AvgIpc) is 3.27. The van der Waals surface area contributed by atoms with E-state index in [4.69, 9.17) is 19.8 Å². The van der Waals surface area contributed by atoms with Gasteiger partial charge in [-0.3, -0.25) is 9.59 Å². The summed E-state index contributed by atoms with van der Waals surface area (Å²) in [5, 5.41) is 48.5. The summed E-state index contributed by atoms with van der Waals surface area (Å²) < 4.78 is 63.5. The molecule has 0 aliphatic heterocycles. The van der Waals surface area contributed by atoms with Crippen molar-refractivity contribution >= 4 is 23.8 Å². The molecule has 0 heterocycles. The van der Waals surface area contributed by atoms with Crippen LogP contribution >= 0.6 is 0 Å². The first-order chi connectivity index (χ1) is 32.3. The van der Waals surface area contributed by atoms with Gasteiger partial charge in [0.25, 0.3) is 0 Å². The number of aliphatic carboxylic acids is 2. The van der Waals surface area contributed by atoms with E-state index >= 15 is 0 Å². The van der Waals surface area contributed by atoms with Crippen LogP contribution < -0.4 is 21.3 Å². The number of phenols is 2. The molecule has 4 aliphatic rings. The zero-order valence-corrected chi connectivity index (χ0v) is 40.6. The van der Waals surface area contributed by atoms with Crippen molar-refractivity contribution < 1.29 is 65.9 Å². The number of halogens is 6. The van der Waals surface area contributed by atoms with Crippen LogP contribution in [0.1, 0.15) is 146 Å². The molecule has 6 rings (SSSR count). The molecule has 4 aliphatic carbocycles. The van der Waals surface area contributed by atoms with Gasteiger partial charge in [0, 0.05) is 13.1 Å². The zero-order chi connectivity index (χ0) is 51.3. The van der Waals surface area contributed by atoms with Crippen molar-refractivity contribution in [1.82, 2.24) is 21.3 Å². The number of rotatable bonds is 18. The Labute approximate surface area is 402 Å². The lowest BCUT2D eigenvalue weighted by atomic mass is 9.49. The number of carboxylic acids is 2. The molecule has 2 fully saturated rings. The lowest BCUT2D eigenvalue weighted by molar-refractivity contribution is -0.193. The first kappa shape index (κ1) is 57.0. The Hall–Kier alpha value is -4.58. The fourth-order valence-corrected chi connectivity index (χ4v) is 12.0. The molecule has 0 saturated heterocycles. The number of carbonyl (C=O) groups excluding carboxylic acids is 2. The SMILES string of the molecule is C[C@]1(C(=O)NCCCNCCCCCCCNCCCNC(=O)[C@@]2(C)CCC[C@]3(C)c4cc(O)ccc4CC[C@@H]23)CCC[C@]2(C)c3cc(O)ccc3CC[C@@H]12.O=C(O)C(F)(F)F.O=C(O)C(F)(F)F. The Morgan fingerprint density at radius 1 is 0.536 bits per heavy atom. The highest BCUT2D eigenvalue weighted by Gasteiger charge is 2.56. The van der Waals surface area contributed by atoms with Gasteiger partial charge in [-0.1, -0.05) is 71.9 Å². The number of carboxylic acid groups (broad SMARTS) is 2. The maximum atomic E-state index is 13.6. The summed E-state index contributed by atoms with van der Waals surface area (Å²) in [4.78, 5) is 45.0. The summed E-state index contributed by atoms with van der Waals surface area (Å²) in [6.45, 7) is 14.3. The normalized spacial score (nSPS) is 25.9. The maximum absolute atomic E-state index is 13.6. The van der Waals surface area contributed by atoms with E-state index in [0.717, 1.165) is 103 Å². The number of benzene rings is 2. The second-order valence-electron chi connectivity index (χ2n) is 20.3. The Morgan fingerprint density at radius 2 is 0.870 bits per heavy atom. The molecule has 6 atom stereocenters. The summed E-state index contributed by atoms with van der Waals surface area (Å²) in [6, 6.07) is 11.7. The summed E-state index contributed by atoms with van der Waals surface area (Å²) in [7, 11) is 0. The fourth-order valence-electron chi connectivity index (χ4n) is 12.0. The van der Waals surface area contributed by atoms with Gasteiger partial charge in [-0.15, -0.1) is 0 Å². The molecule has 12 nitrogen and oxygen atoms in total. The van der Waals surface area contributed by atoms with Crippen molar-refractivity contribution in [2.24, 2.45) is 22.7 Å². The summed E-state index contributed by atoms with van der Waals surface area (Å²) in [5.74, 6) is -3.86. The molecular weight excluding hydrogens is 911 g/mol. The molecule has 0 unspecified atom stereocenters. The largest absolute Gasteiger partial charge is 0.508 e. The van der Waals surface area contributed by atoms with Crippen LogP contribution in [0.3, 0.4) is 0 Å². The zero-order valence-electron chi connectivity index (χ0n) is 40.6. The van der Waals surface area contributed by atoms with Crippen LogP contribution in [0.4, 0.5) is 26.3 Å². The van der Waals surface area contributed by atoms with Gasteiger partial charge in [-0.05, 0) is 172 Å². The van der Waals surface area contributed by atoms with Gasteiger partial charge in [0.05, 0.1) is 10.8 Å². The van der Waals surface area contributed by atoms with E-state index in [0.29, 0.717) is 36.4 Å². The van der Waals surface area contributed by atoms with E-state index in [1.165, 1.54) is 54.4 Å². The molecule has 2 aromatic rings. The van der Waals surface area contributed by atoms with Gasteiger partial charge in [0.15, 0.2) is 0 Å². The smallest absolute Gasteiger partial charge is 0.490 e. The Bertz CT molecular complexity index is 1910. The van der Waals surface area contributed by atoms with Crippen LogP contribution in [0.5, 0.6) is 11.5 Å². The van der Waals surface area contributed by atoms with Crippen LogP contribution in [0.25, 0.3) is 0 Å². The van der Waals surface area contributed by atoms with Crippen molar-refractivity contribution in [3.8, 4) is 11.5 Å². The van der Waals surface area contributed by atoms with E-state index in [2.05, 4.69) is 61.1 Å². The molecule has 2 saturated carbocycles. The molecule has 8 N–H and O–H groups in total. The number of hydrogen-bond acceptors (Lipinski definition) is 8. The highest BCUT2D eigenvalue weighted by molar-refractivity contribution is 5.84. The van der Waals surface area contributed by atoms with Crippen LogP contribution in [0.15, 0.2) is 36.4 Å². The molecular formula is C51H74F6N4O8. The van der Waals surface area contributed by atoms with Crippen LogP contribution in [0, 0.1) is 22.7 Å². The number of alkyl halides is 6. The van der Waals surface area contributed by atoms with Crippen molar-refractivity contribution in [3.63, 3.8) is 0 Å². The van der Waals surface area contributed by atoms with Gasteiger partial charge in [-0.2, -0.15) is 26.3 Å². The molecule has 0 aromatic heterocycles. The number of unbranched alkanes of at least 4 members (excludes halogenated alkanes) is 4. The standard InChI is InChI=1S/C47H72N4O4.2C2HF3O2/c1-44-22-10-24-46(3,40(44)20-16-34-14-18-36(52)32-38(34)44)42(54)50-30-12-28-48-26-8-6-5-7-9-27-49-29-13-31-51-43(55)47(4)25-11-23-45(2)39-33-37(53)19-15-35(39)17-21-41(45)47;2*3-2(4,5)1(6)7/h14-15,18-19,32-33,40-41,48-49,52-53H,5-13,16-17,20-31H2,1-4H3,(H,50,54)(H,51,55);2*(H,6,7)/t40-,41-,44-,45-,46+,47+;;/m1../s1. The number of hydrogen-bond donors (Lipinski definition) is 8. The predicted molar refractivity (Wildman–Crippen MR) is 250 cm³/mol. The topological polar surface area (TPSA) is 197 Å². The summed E-state index contributed by atoms with van der Waals surface area (Å²) in [5.41, 5.74) is 4.31. The minimum absolute atomic E-state index is 0.0656. The molecule has 69 heavy (non-hydrogen) atoms. The van der Waals surface area contributed by atoms with Crippen molar-refractivity contribution in [2.75, 3.05) is 39.3 Å². The van der Waals surface area contributed by atoms with Crippen molar-refractivity contribution in [3.05, 3.63) is 58.7 Å². The lowest BCUT2D eigenvalue weighted by Crippen LogP contribution is -2.55. The monoisotopic (exact) mass is 985 g/mol.